The molecule has 1 atom stereocenters. The summed E-state index contributed by atoms with van der Waals surface area (Å²) in [5.74, 6) is 3.39. The van der Waals surface area contributed by atoms with Gasteiger partial charge in [-0.3, -0.25) is 4.99 Å². The number of aliphatic imine (C=N–C) groups is 1. The Hall–Kier alpha value is -0.860. The number of rotatable bonds is 9. The summed E-state index contributed by atoms with van der Waals surface area (Å²) < 4.78 is 1.99. The molecule has 0 fully saturated rings. The molecule has 6 nitrogen and oxygen atoms in total. The van der Waals surface area contributed by atoms with E-state index >= 15 is 0 Å². The van der Waals surface area contributed by atoms with E-state index in [9.17, 15) is 0 Å². The third kappa shape index (κ3) is 7.99. The Morgan fingerprint density at radius 1 is 1.17 bits per heavy atom. The molecule has 0 bridgehead atoms. The van der Waals surface area contributed by atoms with E-state index in [0.29, 0.717) is 6.54 Å². The fourth-order valence-corrected chi connectivity index (χ4v) is 2.48. The number of nitrogens with zero attached hydrogens (tertiary/aromatic N) is 4. The van der Waals surface area contributed by atoms with Gasteiger partial charge in [0.05, 0.1) is 6.54 Å². The first-order valence-electron chi connectivity index (χ1n) is 8.41. The number of aryl methyl sites for hydroxylation is 1. The summed E-state index contributed by atoms with van der Waals surface area (Å²) in [5.41, 5.74) is 0. The molecule has 0 amide bonds. The molecular weight excluding hydrogens is 403 g/mol. The van der Waals surface area contributed by atoms with Crippen molar-refractivity contribution >= 4 is 29.9 Å². The monoisotopic (exact) mass is 436 g/mol. The molecule has 0 spiro atoms. The maximum absolute atomic E-state index is 4.29. The topological polar surface area (TPSA) is 67.1 Å². The minimum Gasteiger partial charge on any atom is -0.356 e. The molecule has 23 heavy (non-hydrogen) atoms. The summed E-state index contributed by atoms with van der Waals surface area (Å²) in [6, 6.07) is 0. The van der Waals surface area contributed by atoms with Gasteiger partial charge in [0.25, 0.3) is 0 Å². The van der Waals surface area contributed by atoms with Gasteiger partial charge in [-0.15, -0.1) is 34.2 Å². The number of hydrogen-bond donors (Lipinski definition) is 2. The molecule has 0 saturated carbocycles. The van der Waals surface area contributed by atoms with Gasteiger partial charge in [0, 0.05) is 20.6 Å². The number of halogens is 1. The van der Waals surface area contributed by atoms with Gasteiger partial charge >= 0.3 is 0 Å². The summed E-state index contributed by atoms with van der Waals surface area (Å²) in [6.45, 7) is 8.06. The summed E-state index contributed by atoms with van der Waals surface area (Å²) in [5, 5.41) is 15.0. The van der Waals surface area contributed by atoms with Crippen molar-refractivity contribution < 1.29 is 0 Å². The molecule has 0 aliphatic rings. The minimum absolute atomic E-state index is 0. The molecule has 0 aliphatic heterocycles. The van der Waals surface area contributed by atoms with Gasteiger partial charge in [-0.05, 0) is 25.7 Å². The van der Waals surface area contributed by atoms with Crippen LogP contribution in [0.2, 0.25) is 0 Å². The van der Waals surface area contributed by atoms with Gasteiger partial charge in [0.15, 0.2) is 11.8 Å². The minimum atomic E-state index is 0. The van der Waals surface area contributed by atoms with Crippen molar-refractivity contribution in [3.05, 3.63) is 11.6 Å². The Kier molecular flexibility index (Phi) is 12.1. The summed E-state index contributed by atoms with van der Waals surface area (Å²) >= 11 is 0. The average molecular weight is 436 g/mol. The Morgan fingerprint density at radius 3 is 2.43 bits per heavy atom. The molecule has 1 rings (SSSR count). The van der Waals surface area contributed by atoms with E-state index in [0.717, 1.165) is 30.1 Å². The third-order valence-electron chi connectivity index (χ3n) is 4.04. The molecule has 1 aromatic heterocycles. The van der Waals surface area contributed by atoms with E-state index in [-0.39, 0.29) is 24.0 Å². The Bertz CT molecular complexity index is 457. The zero-order valence-corrected chi connectivity index (χ0v) is 17.6. The standard InChI is InChI=1S/C16H32N6.HI/c1-6-8-10-14(9-7-2)11-18-16(17-4)19-12-15-21-20-13(3)22(15)5;/h14H,6-12H2,1-5H3,(H2,17,18,19);1H. The zero-order chi connectivity index (χ0) is 16.4. The SMILES string of the molecule is CCCCC(CCC)CNC(=NC)NCc1nnc(C)n1C.I. The number of guanidine groups is 1. The maximum Gasteiger partial charge on any atom is 0.191 e. The highest BCUT2D eigenvalue weighted by atomic mass is 127. The summed E-state index contributed by atoms with van der Waals surface area (Å²) in [4.78, 5) is 4.29. The number of hydrogen-bond acceptors (Lipinski definition) is 3. The molecule has 1 heterocycles. The van der Waals surface area contributed by atoms with Crippen molar-refractivity contribution in [2.24, 2.45) is 18.0 Å². The predicted octanol–water partition coefficient (Wildman–Crippen LogP) is 3.01. The van der Waals surface area contributed by atoms with E-state index in [2.05, 4.69) is 39.7 Å². The summed E-state index contributed by atoms with van der Waals surface area (Å²) in [6.07, 6.45) is 6.36. The quantitative estimate of drug-likeness (QED) is 0.355. The van der Waals surface area contributed by atoms with Crippen LogP contribution in [0.15, 0.2) is 4.99 Å². The third-order valence-corrected chi connectivity index (χ3v) is 4.04. The molecule has 0 radical (unpaired) electrons. The van der Waals surface area contributed by atoms with Crippen LogP contribution in [0.3, 0.4) is 0 Å². The van der Waals surface area contributed by atoms with Crippen LogP contribution in [0.25, 0.3) is 0 Å². The van der Waals surface area contributed by atoms with Crippen molar-refractivity contribution in [3.63, 3.8) is 0 Å². The maximum atomic E-state index is 4.29. The lowest BCUT2D eigenvalue weighted by molar-refractivity contribution is 0.423. The highest BCUT2D eigenvalue weighted by Gasteiger charge is 2.09. The van der Waals surface area contributed by atoms with Crippen LogP contribution >= 0.6 is 24.0 Å². The van der Waals surface area contributed by atoms with Crippen molar-refractivity contribution in [1.29, 1.82) is 0 Å². The van der Waals surface area contributed by atoms with Gasteiger partial charge in [0.2, 0.25) is 0 Å². The van der Waals surface area contributed by atoms with Crippen LogP contribution in [0.5, 0.6) is 0 Å². The normalized spacial score (nSPS) is 12.7. The molecular formula is C16H33IN6. The van der Waals surface area contributed by atoms with Gasteiger partial charge in [0.1, 0.15) is 5.82 Å². The van der Waals surface area contributed by atoms with E-state index in [1.165, 1.54) is 32.1 Å². The molecule has 2 N–H and O–H groups in total. The van der Waals surface area contributed by atoms with Crippen LogP contribution in [0, 0.1) is 12.8 Å². The van der Waals surface area contributed by atoms with E-state index in [1.54, 1.807) is 7.05 Å². The predicted molar refractivity (Wildman–Crippen MR) is 107 cm³/mol. The van der Waals surface area contributed by atoms with Crippen LogP contribution < -0.4 is 10.6 Å². The van der Waals surface area contributed by atoms with Crippen LogP contribution in [-0.2, 0) is 13.6 Å². The number of aromatic nitrogens is 3. The van der Waals surface area contributed by atoms with E-state index in [1.807, 2.05) is 18.5 Å². The first kappa shape index (κ1) is 22.1. The number of nitrogens with one attached hydrogen (secondary N) is 2. The second-order valence-electron chi connectivity index (χ2n) is 5.83. The Balaban J connectivity index is 0.00000484. The van der Waals surface area contributed by atoms with Gasteiger partial charge < -0.3 is 15.2 Å². The van der Waals surface area contributed by atoms with E-state index in [4.69, 9.17) is 0 Å². The molecule has 134 valence electrons. The van der Waals surface area contributed by atoms with Crippen molar-refractivity contribution in [2.75, 3.05) is 13.6 Å². The highest BCUT2D eigenvalue weighted by Crippen LogP contribution is 2.13. The molecule has 1 unspecified atom stereocenters. The zero-order valence-electron chi connectivity index (χ0n) is 15.2. The van der Waals surface area contributed by atoms with Crippen LogP contribution in [0.4, 0.5) is 0 Å². The van der Waals surface area contributed by atoms with Crippen LogP contribution in [-0.4, -0.2) is 34.3 Å². The second-order valence-corrected chi connectivity index (χ2v) is 5.83. The second kappa shape index (κ2) is 12.5. The highest BCUT2D eigenvalue weighted by molar-refractivity contribution is 14.0. The first-order valence-corrected chi connectivity index (χ1v) is 8.41. The fraction of sp³-hybridized carbons (Fsp3) is 0.812. The van der Waals surface area contributed by atoms with Gasteiger partial charge in [-0.25, -0.2) is 0 Å². The lowest BCUT2D eigenvalue weighted by Crippen LogP contribution is -2.39. The van der Waals surface area contributed by atoms with E-state index < -0.39 is 0 Å². The fourth-order valence-electron chi connectivity index (χ4n) is 2.48. The number of unbranched alkanes of at least 4 members (excludes halogenated alkanes) is 1. The molecule has 7 heteroatoms. The molecule has 0 aromatic carbocycles. The van der Waals surface area contributed by atoms with Crippen LogP contribution in [0.1, 0.15) is 57.6 Å². The van der Waals surface area contributed by atoms with Gasteiger partial charge in [-0.1, -0.05) is 33.1 Å². The molecule has 0 aliphatic carbocycles. The van der Waals surface area contributed by atoms with Crippen molar-refractivity contribution in [2.45, 2.75) is 59.4 Å². The smallest absolute Gasteiger partial charge is 0.191 e. The van der Waals surface area contributed by atoms with Crippen molar-refractivity contribution in [3.8, 4) is 0 Å². The largest absolute Gasteiger partial charge is 0.356 e. The molecule has 0 saturated heterocycles. The first-order chi connectivity index (χ1) is 10.6. The molecule has 1 aromatic rings. The lowest BCUT2D eigenvalue weighted by Gasteiger charge is -2.18. The van der Waals surface area contributed by atoms with Gasteiger partial charge in [-0.2, -0.15) is 0 Å². The Morgan fingerprint density at radius 2 is 1.91 bits per heavy atom. The Labute approximate surface area is 158 Å². The lowest BCUT2D eigenvalue weighted by atomic mass is 9.97. The summed E-state index contributed by atoms with van der Waals surface area (Å²) in [7, 11) is 3.78. The average Bonchev–Trinajstić information content (AvgIpc) is 2.84. The van der Waals surface area contributed by atoms with Crippen molar-refractivity contribution in [1.82, 2.24) is 25.4 Å².